The van der Waals surface area contributed by atoms with E-state index in [2.05, 4.69) is 10.3 Å². The predicted octanol–water partition coefficient (Wildman–Crippen LogP) is 2.01. The first kappa shape index (κ1) is 18.0. The minimum Gasteiger partial charge on any atom is -0.324 e. The van der Waals surface area contributed by atoms with Crippen molar-refractivity contribution < 1.29 is 17.6 Å². The zero-order valence-corrected chi connectivity index (χ0v) is 14.0. The lowest BCUT2D eigenvalue weighted by Gasteiger charge is -2.19. The van der Waals surface area contributed by atoms with Crippen molar-refractivity contribution in [1.82, 2.24) is 9.29 Å². The van der Waals surface area contributed by atoms with E-state index < -0.39 is 21.7 Å². The van der Waals surface area contributed by atoms with Crippen LogP contribution in [0.2, 0.25) is 0 Å². The summed E-state index contributed by atoms with van der Waals surface area (Å²) < 4.78 is 38.4. The smallest absolute Gasteiger partial charge is 0.225 e. The summed E-state index contributed by atoms with van der Waals surface area (Å²) in [6.45, 7) is 0.0579. The molecule has 0 spiro atoms. The second kappa shape index (κ2) is 7.98. The van der Waals surface area contributed by atoms with Crippen LogP contribution >= 0.6 is 0 Å². The maximum absolute atomic E-state index is 13.5. The summed E-state index contributed by atoms with van der Waals surface area (Å²) in [5.41, 5.74) is 0.649. The maximum Gasteiger partial charge on any atom is 0.225 e. The topological polar surface area (TPSA) is 79.4 Å². The third-order valence-corrected chi connectivity index (χ3v) is 4.52. The van der Waals surface area contributed by atoms with Crippen LogP contribution in [0.4, 0.5) is 10.1 Å². The lowest BCUT2D eigenvalue weighted by molar-refractivity contribution is -0.116. The maximum atomic E-state index is 13.5. The number of benzene rings is 1. The summed E-state index contributed by atoms with van der Waals surface area (Å²) >= 11 is 0. The van der Waals surface area contributed by atoms with Gasteiger partial charge in [-0.05, 0) is 24.3 Å². The molecular formula is C16H18FN3O3S. The van der Waals surface area contributed by atoms with Gasteiger partial charge in [-0.1, -0.05) is 18.2 Å². The number of pyridine rings is 1. The average molecular weight is 351 g/mol. The fourth-order valence-corrected chi connectivity index (χ4v) is 2.83. The Morgan fingerprint density at radius 1 is 1.21 bits per heavy atom. The first-order chi connectivity index (χ1) is 11.4. The van der Waals surface area contributed by atoms with Gasteiger partial charge in [0.2, 0.25) is 15.9 Å². The Labute approximate surface area is 140 Å². The average Bonchev–Trinajstić information content (AvgIpc) is 2.53. The summed E-state index contributed by atoms with van der Waals surface area (Å²) in [5.74, 6) is -1.01. The Bertz CT molecular complexity index is 797. The molecule has 1 heterocycles. The summed E-state index contributed by atoms with van der Waals surface area (Å²) in [6, 6.07) is 11.0. The Hall–Kier alpha value is -2.32. The third-order valence-electron chi connectivity index (χ3n) is 3.27. The van der Waals surface area contributed by atoms with Crippen molar-refractivity contribution in [3.05, 3.63) is 60.2 Å². The molecule has 2 aromatic rings. The largest absolute Gasteiger partial charge is 0.324 e. The molecule has 0 radical (unpaired) electrons. The Morgan fingerprint density at radius 3 is 2.54 bits per heavy atom. The van der Waals surface area contributed by atoms with E-state index in [0.29, 0.717) is 5.69 Å². The summed E-state index contributed by atoms with van der Waals surface area (Å²) in [6.07, 6.45) is 2.56. The van der Waals surface area contributed by atoms with Crippen LogP contribution in [0.3, 0.4) is 0 Å². The van der Waals surface area contributed by atoms with Crippen LogP contribution in [-0.4, -0.2) is 36.4 Å². The van der Waals surface area contributed by atoms with Crippen LogP contribution in [0.5, 0.6) is 0 Å². The number of para-hydroxylation sites is 1. The summed E-state index contributed by atoms with van der Waals surface area (Å²) in [4.78, 5) is 16.0. The molecule has 128 valence electrons. The molecule has 0 fully saturated rings. The second-order valence-corrected chi connectivity index (χ2v) is 7.18. The van der Waals surface area contributed by atoms with Gasteiger partial charge in [-0.25, -0.2) is 12.8 Å². The Morgan fingerprint density at radius 2 is 1.92 bits per heavy atom. The molecule has 0 aliphatic carbocycles. The van der Waals surface area contributed by atoms with Crippen molar-refractivity contribution in [2.24, 2.45) is 0 Å². The molecule has 0 saturated carbocycles. The summed E-state index contributed by atoms with van der Waals surface area (Å²) in [7, 11) is -3.50. The first-order valence-electron chi connectivity index (χ1n) is 7.25. The van der Waals surface area contributed by atoms with Crippen molar-refractivity contribution in [1.29, 1.82) is 0 Å². The van der Waals surface area contributed by atoms with E-state index in [0.717, 1.165) is 10.6 Å². The molecule has 24 heavy (non-hydrogen) atoms. The number of anilines is 1. The SMILES string of the molecule is CS(=O)(=O)N(CCC(=O)Nc1ccccc1F)Cc1ccccn1. The number of hydrogen-bond donors (Lipinski definition) is 1. The van der Waals surface area contributed by atoms with E-state index in [1.54, 1.807) is 30.5 Å². The molecule has 0 unspecified atom stereocenters. The molecular weight excluding hydrogens is 333 g/mol. The van der Waals surface area contributed by atoms with Gasteiger partial charge in [0.15, 0.2) is 0 Å². The van der Waals surface area contributed by atoms with Gasteiger partial charge in [0, 0.05) is 19.2 Å². The van der Waals surface area contributed by atoms with Crippen molar-refractivity contribution in [3.8, 4) is 0 Å². The van der Waals surface area contributed by atoms with E-state index >= 15 is 0 Å². The van der Waals surface area contributed by atoms with Gasteiger partial charge in [0.1, 0.15) is 5.82 Å². The number of sulfonamides is 1. The number of hydrogen-bond acceptors (Lipinski definition) is 4. The van der Waals surface area contributed by atoms with Crippen molar-refractivity contribution in [2.45, 2.75) is 13.0 Å². The van der Waals surface area contributed by atoms with E-state index in [1.165, 1.54) is 18.2 Å². The van der Waals surface area contributed by atoms with Gasteiger partial charge in [-0.3, -0.25) is 9.78 Å². The molecule has 6 nitrogen and oxygen atoms in total. The highest BCUT2D eigenvalue weighted by Gasteiger charge is 2.19. The standard InChI is InChI=1S/C16H18FN3O3S/c1-24(22,23)20(12-13-6-4-5-10-18-13)11-9-16(21)19-15-8-3-2-7-14(15)17/h2-8,10H,9,11-12H2,1H3,(H,19,21). The van der Waals surface area contributed by atoms with E-state index in [1.807, 2.05) is 0 Å². The van der Waals surface area contributed by atoms with Gasteiger partial charge in [0.05, 0.1) is 24.2 Å². The van der Waals surface area contributed by atoms with Crippen LogP contribution in [0.15, 0.2) is 48.7 Å². The van der Waals surface area contributed by atoms with Crippen LogP contribution < -0.4 is 5.32 Å². The van der Waals surface area contributed by atoms with E-state index in [-0.39, 0.29) is 25.2 Å². The summed E-state index contributed by atoms with van der Waals surface area (Å²) in [5, 5.41) is 2.43. The van der Waals surface area contributed by atoms with Crippen molar-refractivity contribution >= 4 is 21.6 Å². The van der Waals surface area contributed by atoms with Gasteiger partial charge >= 0.3 is 0 Å². The molecule has 1 aromatic carbocycles. The van der Waals surface area contributed by atoms with E-state index in [4.69, 9.17) is 0 Å². The number of nitrogens with one attached hydrogen (secondary N) is 1. The molecule has 0 saturated heterocycles. The number of nitrogens with zero attached hydrogens (tertiary/aromatic N) is 2. The van der Waals surface area contributed by atoms with Gasteiger partial charge in [-0.15, -0.1) is 0 Å². The fourth-order valence-electron chi connectivity index (χ4n) is 2.04. The number of carbonyl (C=O) groups excluding carboxylic acids is 1. The monoisotopic (exact) mass is 351 g/mol. The molecule has 0 aliphatic heterocycles. The van der Waals surface area contributed by atoms with Crippen LogP contribution in [-0.2, 0) is 21.4 Å². The first-order valence-corrected chi connectivity index (χ1v) is 9.10. The lowest BCUT2D eigenvalue weighted by atomic mass is 10.3. The Balaban J connectivity index is 1.98. The number of carbonyl (C=O) groups is 1. The van der Waals surface area contributed by atoms with Crippen LogP contribution in [0, 0.1) is 5.82 Å². The molecule has 0 aliphatic rings. The van der Waals surface area contributed by atoms with Gasteiger partial charge in [-0.2, -0.15) is 4.31 Å². The Kier molecular flexibility index (Phi) is 5.99. The van der Waals surface area contributed by atoms with Gasteiger partial charge in [0.25, 0.3) is 0 Å². The number of amides is 1. The van der Waals surface area contributed by atoms with Crippen LogP contribution in [0.25, 0.3) is 0 Å². The zero-order valence-electron chi connectivity index (χ0n) is 13.1. The highest BCUT2D eigenvalue weighted by Crippen LogP contribution is 2.13. The highest BCUT2D eigenvalue weighted by atomic mass is 32.2. The molecule has 0 bridgehead atoms. The number of aromatic nitrogens is 1. The number of halogens is 1. The van der Waals surface area contributed by atoms with Gasteiger partial charge < -0.3 is 5.32 Å². The van der Waals surface area contributed by atoms with Crippen molar-refractivity contribution in [2.75, 3.05) is 18.1 Å². The minimum absolute atomic E-state index is 0.0182. The molecule has 1 aromatic heterocycles. The van der Waals surface area contributed by atoms with E-state index in [9.17, 15) is 17.6 Å². The quantitative estimate of drug-likeness (QED) is 0.828. The molecule has 1 amide bonds. The molecule has 0 atom stereocenters. The predicted molar refractivity (Wildman–Crippen MR) is 89.1 cm³/mol. The van der Waals surface area contributed by atoms with Crippen molar-refractivity contribution in [3.63, 3.8) is 0 Å². The highest BCUT2D eigenvalue weighted by molar-refractivity contribution is 7.88. The normalized spacial score (nSPS) is 11.5. The van der Waals surface area contributed by atoms with Crippen LogP contribution in [0.1, 0.15) is 12.1 Å². The lowest BCUT2D eigenvalue weighted by Crippen LogP contribution is -2.33. The minimum atomic E-state index is -3.50. The molecule has 2 rings (SSSR count). The zero-order chi connectivity index (χ0) is 17.6. The third kappa shape index (κ3) is 5.39. The molecule has 1 N–H and O–H groups in total. The fraction of sp³-hybridized carbons (Fsp3) is 0.250. The second-order valence-electron chi connectivity index (χ2n) is 5.20. The number of rotatable bonds is 7. The molecule has 8 heteroatoms.